The Morgan fingerprint density at radius 3 is 2.41 bits per heavy atom. The van der Waals surface area contributed by atoms with Crippen LogP contribution in [0.25, 0.3) is 0 Å². The van der Waals surface area contributed by atoms with Gasteiger partial charge in [0.2, 0.25) is 5.91 Å². The number of hydrogen-bond acceptors (Lipinski definition) is 6. The molecule has 1 saturated carbocycles. The average Bonchev–Trinajstić information content (AvgIpc) is 3.81. The van der Waals surface area contributed by atoms with Crippen molar-refractivity contribution in [1.29, 1.82) is 0 Å². The van der Waals surface area contributed by atoms with Crippen LogP contribution in [0.4, 0.5) is 4.39 Å². The molecule has 4 atom stereocenters. The first-order chi connectivity index (χ1) is 20.9. The van der Waals surface area contributed by atoms with Crippen molar-refractivity contribution in [3.8, 4) is 0 Å². The van der Waals surface area contributed by atoms with Crippen LogP contribution >= 0.6 is 23.2 Å². The van der Waals surface area contributed by atoms with Gasteiger partial charge in [0, 0.05) is 28.5 Å². The molecule has 1 heterocycles. The SMILES string of the molecule is CC1(CC(=O)O)CC(c2cccc(Cl)c2)C(c2ccc(Cl)cc2)N(C(CNCOS(=O)(=O)c2ccccc2F)C2CC2)C1=O. The van der Waals surface area contributed by atoms with Gasteiger partial charge in [0.05, 0.1) is 17.9 Å². The summed E-state index contributed by atoms with van der Waals surface area (Å²) in [5.74, 6) is -2.51. The third kappa shape index (κ3) is 7.10. The third-order valence-corrected chi connectivity index (χ3v) is 10.2. The Kier molecular flexibility index (Phi) is 9.67. The van der Waals surface area contributed by atoms with Crippen molar-refractivity contribution < 1.29 is 31.7 Å². The maximum absolute atomic E-state index is 14.5. The first-order valence-electron chi connectivity index (χ1n) is 14.3. The van der Waals surface area contributed by atoms with Gasteiger partial charge in [-0.25, -0.2) is 4.39 Å². The standard InChI is InChI=1S/C32H33Cl2FN2O6S/c1-32(17-29(38)39)16-25(22-5-4-6-24(34)15-22)30(21-11-13-23(33)14-12-21)37(31(32)40)27(20-9-10-20)18-36-19-43-44(41,42)28-8-3-2-7-26(28)35/h2-8,11-15,20,25,27,30,36H,9-10,16-19H2,1H3,(H,38,39). The van der Waals surface area contributed by atoms with Gasteiger partial charge >= 0.3 is 16.1 Å². The monoisotopic (exact) mass is 662 g/mol. The van der Waals surface area contributed by atoms with E-state index in [1.165, 1.54) is 12.1 Å². The molecule has 0 aromatic heterocycles. The molecule has 2 fully saturated rings. The lowest BCUT2D eigenvalue weighted by Crippen LogP contribution is -2.58. The van der Waals surface area contributed by atoms with E-state index in [0.717, 1.165) is 36.1 Å². The van der Waals surface area contributed by atoms with Gasteiger partial charge in [-0.2, -0.15) is 8.42 Å². The van der Waals surface area contributed by atoms with Crippen LogP contribution in [0.5, 0.6) is 0 Å². The van der Waals surface area contributed by atoms with Crippen molar-refractivity contribution in [1.82, 2.24) is 10.2 Å². The number of nitrogens with zero attached hydrogens (tertiary/aromatic N) is 1. The first-order valence-corrected chi connectivity index (χ1v) is 16.5. The number of nitrogens with one attached hydrogen (secondary N) is 1. The van der Waals surface area contributed by atoms with Gasteiger partial charge in [-0.05, 0) is 72.7 Å². The van der Waals surface area contributed by atoms with Gasteiger partial charge in [0.15, 0.2) is 0 Å². The third-order valence-electron chi connectivity index (χ3n) is 8.43. The maximum Gasteiger partial charge on any atom is 0.304 e. The lowest BCUT2D eigenvalue weighted by atomic mass is 9.67. The molecule has 2 aliphatic rings. The lowest BCUT2D eigenvalue weighted by molar-refractivity contribution is -0.161. The highest BCUT2D eigenvalue weighted by atomic mass is 35.5. The van der Waals surface area contributed by atoms with E-state index in [4.69, 9.17) is 27.4 Å². The number of benzene rings is 3. The Morgan fingerprint density at radius 1 is 1.07 bits per heavy atom. The zero-order valence-corrected chi connectivity index (χ0v) is 26.3. The highest BCUT2D eigenvalue weighted by molar-refractivity contribution is 7.86. The predicted molar refractivity (Wildman–Crippen MR) is 164 cm³/mol. The number of carbonyl (C=O) groups is 2. The molecule has 4 unspecified atom stereocenters. The number of carbonyl (C=O) groups excluding carboxylic acids is 1. The molecule has 1 aliphatic carbocycles. The normalized spacial score (nSPS) is 23.0. The summed E-state index contributed by atoms with van der Waals surface area (Å²) in [6, 6.07) is 18.7. The van der Waals surface area contributed by atoms with Gasteiger partial charge in [-0.1, -0.05) is 66.5 Å². The summed E-state index contributed by atoms with van der Waals surface area (Å²) in [7, 11) is -4.38. The van der Waals surface area contributed by atoms with Crippen LogP contribution in [-0.2, 0) is 23.9 Å². The van der Waals surface area contributed by atoms with Gasteiger partial charge in [-0.3, -0.25) is 19.1 Å². The quantitative estimate of drug-likeness (QED) is 0.131. The molecule has 0 spiro atoms. The Hall–Kier alpha value is -3.02. The van der Waals surface area contributed by atoms with E-state index in [1.807, 2.05) is 30.3 Å². The van der Waals surface area contributed by atoms with Crippen molar-refractivity contribution in [2.75, 3.05) is 13.3 Å². The first kappa shape index (κ1) is 32.4. The Morgan fingerprint density at radius 2 is 1.77 bits per heavy atom. The molecular formula is C32H33Cl2FN2O6S. The number of hydrogen-bond donors (Lipinski definition) is 2. The molecule has 5 rings (SSSR count). The smallest absolute Gasteiger partial charge is 0.304 e. The highest BCUT2D eigenvalue weighted by Gasteiger charge is 2.54. The van der Waals surface area contributed by atoms with Crippen LogP contribution in [0.2, 0.25) is 10.0 Å². The topological polar surface area (TPSA) is 113 Å². The molecule has 12 heteroatoms. The lowest BCUT2D eigenvalue weighted by Gasteiger charge is -2.52. The van der Waals surface area contributed by atoms with Crippen LogP contribution < -0.4 is 5.32 Å². The van der Waals surface area contributed by atoms with Crippen LogP contribution in [0.3, 0.4) is 0 Å². The molecule has 2 N–H and O–H groups in total. The van der Waals surface area contributed by atoms with Gasteiger partial charge < -0.3 is 10.0 Å². The Balaban J connectivity index is 1.50. The van der Waals surface area contributed by atoms with Crippen molar-refractivity contribution in [3.63, 3.8) is 0 Å². The van der Waals surface area contributed by atoms with Crippen molar-refractivity contribution in [2.45, 2.75) is 55.5 Å². The maximum atomic E-state index is 14.5. The second-order valence-electron chi connectivity index (χ2n) is 11.7. The van der Waals surface area contributed by atoms with E-state index < -0.39 is 51.0 Å². The van der Waals surface area contributed by atoms with E-state index in [0.29, 0.717) is 10.0 Å². The fourth-order valence-electron chi connectivity index (χ4n) is 6.26. The van der Waals surface area contributed by atoms with Crippen molar-refractivity contribution >= 4 is 45.2 Å². The van der Waals surface area contributed by atoms with E-state index >= 15 is 0 Å². The summed E-state index contributed by atoms with van der Waals surface area (Å²) < 4.78 is 44.5. The molecule has 3 aromatic carbocycles. The van der Waals surface area contributed by atoms with E-state index in [2.05, 4.69) is 5.32 Å². The minimum atomic E-state index is -4.38. The second kappa shape index (κ2) is 13.1. The molecule has 44 heavy (non-hydrogen) atoms. The average molecular weight is 664 g/mol. The summed E-state index contributed by atoms with van der Waals surface area (Å²) in [6.45, 7) is 1.41. The van der Waals surface area contributed by atoms with E-state index in [-0.39, 0.29) is 37.1 Å². The van der Waals surface area contributed by atoms with Gasteiger partial charge in [-0.15, -0.1) is 0 Å². The number of piperidine rings is 1. The molecule has 8 nitrogen and oxygen atoms in total. The van der Waals surface area contributed by atoms with Crippen LogP contribution in [0.15, 0.2) is 77.7 Å². The summed E-state index contributed by atoms with van der Waals surface area (Å²) in [5.41, 5.74) is 0.474. The zero-order chi connectivity index (χ0) is 31.6. The fourth-order valence-corrected chi connectivity index (χ4v) is 7.50. The molecule has 3 aromatic rings. The Bertz CT molecular complexity index is 1640. The molecule has 1 amide bonds. The van der Waals surface area contributed by atoms with Gasteiger partial charge in [0.1, 0.15) is 17.4 Å². The summed E-state index contributed by atoms with van der Waals surface area (Å²) in [6.07, 6.45) is 1.60. The van der Waals surface area contributed by atoms with E-state index in [1.54, 1.807) is 30.0 Å². The fraction of sp³-hybridized carbons (Fsp3) is 0.375. The van der Waals surface area contributed by atoms with Crippen LogP contribution in [-0.4, -0.2) is 49.6 Å². The summed E-state index contributed by atoms with van der Waals surface area (Å²) >= 11 is 12.6. The predicted octanol–water partition coefficient (Wildman–Crippen LogP) is 6.40. The molecular weight excluding hydrogens is 630 g/mol. The zero-order valence-electron chi connectivity index (χ0n) is 24.0. The Labute approximate surface area is 266 Å². The van der Waals surface area contributed by atoms with Gasteiger partial charge in [0.25, 0.3) is 0 Å². The van der Waals surface area contributed by atoms with Crippen molar-refractivity contribution in [2.24, 2.45) is 11.3 Å². The molecule has 0 bridgehead atoms. The van der Waals surface area contributed by atoms with Crippen molar-refractivity contribution in [3.05, 3.63) is 99.8 Å². The number of amides is 1. The number of carboxylic acids is 1. The molecule has 234 valence electrons. The highest BCUT2D eigenvalue weighted by Crippen LogP contribution is 2.54. The second-order valence-corrected chi connectivity index (χ2v) is 14.2. The number of aliphatic carboxylic acids is 1. The molecule has 0 radical (unpaired) electrons. The number of rotatable bonds is 12. The minimum absolute atomic E-state index is 0.0941. The minimum Gasteiger partial charge on any atom is -0.481 e. The largest absolute Gasteiger partial charge is 0.481 e. The number of likely N-dealkylation sites (tertiary alicyclic amines) is 1. The van der Waals surface area contributed by atoms with E-state index in [9.17, 15) is 27.5 Å². The molecule has 1 saturated heterocycles. The summed E-state index contributed by atoms with van der Waals surface area (Å²) in [4.78, 5) is 27.8. The van der Waals surface area contributed by atoms with Crippen LogP contribution in [0.1, 0.15) is 55.7 Å². The summed E-state index contributed by atoms with van der Waals surface area (Å²) in [5, 5.41) is 13.9. The van der Waals surface area contributed by atoms with Crippen LogP contribution in [0, 0.1) is 17.2 Å². The number of halogens is 3. The number of carboxylic acid groups (broad SMARTS) is 1. The molecule has 1 aliphatic heterocycles.